The van der Waals surface area contributed by atoms with Crippen molar-refractivity contribution in [2.75, 3.05) is 7.11 Å². The molecule has 3 aromatic rings. The van der Waals surface area contributed by atoms with Gasteiger partial charge in [-0.25, -0.2) is 13.6 Å². The van der Waals surface area contributed by atoms with E-state index in [1.54, 1.807) is 24.3 Å². The third kappa shape index (κ3) is 3.65. The summed E-state index contributed by atoms with van der Waals surface area (Å²) in [6.07, 6.45) is 0. The lowest BCUT2D eigenvalue weighted by Crippen LogP contribution is -2.07. The Morgan fingerprint density at radius 2 is 1.63 bits per heavy atom. The highest BCUT2D eigenvalue weighted by molar-refractivity contribution is 7.16. The highest BCUT2D eigenvalue weighted by Gasteiger charge is 2.25. The summed E-state index contributed by atoms with van der Waals surface area (Å²) >= 11 is 1.47. The summed E-state index contributed by atoms with van der Waals surface area (Å²) in [5, 5.41) is 0. The van der Waals surface area contributed by atoms with Crippen LogP contribution in [-0.4, -0.2) is 13.1 Å². The van der Waals surface area contributed by atoms with Gasteiger partial charge in [-0.05, 0) is 23.6 Å². The van der Waals surface area contributed by atoms with Crippen LogP contribution in [0.25, 0.3) is 21.6 Å². The van der Waals surface area contributed by atoms with Gasteiger partial charge in [0.25, 0.3) is 0 Å². The molecular formula is C22H20F2O2S. The van der Waals surface area contributed by atoms with E-state index in [1.807, 2.05) is 12.1 Å². The van der Waals surface area contributed by atoms with Crippen LogP contribution in [0.2, 0.25) is 0 Å². The summed E-state index contributed by atoms with van der Waals surface area (Å²) in [7, 11) is 1.32. The molecule has 1 aromatic heterocycles. The van der Waals surface area contributed by atoms with Crippen molar-refractivity contribution < 1.29 is 18.3 Å². The first-order valence-corrected chi connectivity index (χ1v) is 9.32. The van der Waals surface area contributed by atoms with Gasteiger partial charge in [-0.1, -0.05) is 51.1 Å². The van der Waals surface area contributed by atoms with E-state index in [0.717, 1.165) is 10.9 Å². The molecule has 0 N–H and O–H groups in total. The van der Waals surface area contributed by atoms with Gasteiger partial charge in [-0.2, -0.15) is 0 Å². The van der Waals surface area contributed by atoms with Gasteiger partial charge in [-0.15, -0.1) is 11.3 Å². The van der Waals surface area contributed by atoms with Gasteiger partial charge in [0.05, 0.1) is 12.7 Å². The van der Waals surface area contributed by atoms with Crippen molar-refractivity contribution in [3.05, 3.63) is 70.6 Å². The molecule has 0 aliphatic rings. The Hall–Kier alpha value is -2.53. The molecule has 0 radical (unpaired) electrons. The Labute approximate surface area is 161 Å². The fraction of sp³-hybridized carbons (Fsp3) is 0.227. The highest BCUT2D eigenvalue weighted by Crippen LogP contribution is 2.45. The molecule has 0 bridgehead atoms. The number of carbonyl (C=O) groups excluding carboxylic acids is 1. The van der Waals surface area contributed by atoms with Crippen LogP contribution in [0.1, 0.15) is 36.0 Å². The number of hydrogen-bond donors (Lipinski definition) is 0. The van der Waals surface area contributed by atoms with Crippen LogP contribution in [-0.2, 0) is 10.2 Å². The van der Waals surface area contributed by atoms with Gasteiger partial charge in [0.15, 0.2) is 11.6 Å². The molecule has 0 spiro atoms. The van der Waals surface area contributed by atoms with Crippen LogP contribution >= 0.6 is 11.3 Å². The predicted octanol–water partition coefficient (Wildman–Crippen LogP) is 6.44. The lowest BCUT2D eigenvalue weighted by atomic mass is 9.92. The molecule has 0 atom stereocenters. The molecule has 27 heavy (non-hydrogen) atoms. The summed E-state index contributed by atoms with van der Waals surface area (Å²) in [6, 6.07) is 13.0. The van der Waals surface area contributed by atoms with Crippen molar-refractivity contribution in [1.29, 1.82) is 0 Å². The largest absolute Gasteiger partial charge is 0.465 e. The quantitative estimate of drug-likeness (QED) is 0.484. The molecule has 0 aliphatic carbocycles. The molecule has 0 unspecified atom stereocenters. The number of rotatable bonds is 3. The molecule has 5 heteroatoms. The van der Waals surface area contributed by atoms with Crippen LogP contribution in [0.3, 0.4) is 0 Å². The average Bonchev–Trinajstić information content (AvgIpc) is 3.08. The van der Waals surface area contributed by atoms with E-state index in [2.05, 4.69) is 20.8 Å². The third-order valence-corrected chi connectivity index (χ3v) is 5.88. The van der Waals surface area contributed by atoms with E-state index in [4.69, 9.17) is 4.74 Å². The molecule has 0 saturated carbocycles. The van der Waals surface area contributed by atoms with Gasteiger partial charge >= 0.3 is 5.97 Å². The molecule has 2 nitrogen and oxygen atoms in total. The Kier molecular flexibility index (Phi) is 5.16. The first-order chi connectivity index (χ1) is 12.7. The Morgan fingerprint density at radius 1 is 0.963 bits per heavy atom. The summed E-state index contributed by atoms with van der Waals surface area (Å²) in [5.41, 5.74) is 1.60. The number of carbonyl (C=O) groups is 1. The van der Waals surface area contributed by atoms with E-state index >= 15 is 0 Å². The lowest BCUT2D eigenvalue weighted by molar-refractivity contribution is 0.0601. The Balaban J connectivity index is 2.33. The molecule has 2 aromatic carbocycles. The standard InChI is InChI=1S/C22H20F2O2S/c1-22(2,3)18-12-16(13-10-7-11-17(23)19(13)24)20(27-18)14-8-5-6-9-15(14)21(25)26-4/h5-12H,1-4H3. The zero-order chi connectivity index (χ0) is 19.8. The van der Waals surface area contributed by atoms with Crippen molar-refractivity contribution in [3.8, 4) is 21.6 Å². The van der Waals surface area contributed by atoms with Crippen LogP contribution in [0.15, 0.2) is 48.5 Å². The first kappa shape index (κ1) is 19.2. The number of esters is 1. The number of methoxy groups -OCH3 is 1. The second-order valence-electron chi connectivity index (χ2n) is 7.24. The van der Waals surface area contributed by atoms with Gasteiger partial charge in [0, 0.05) is 26.4 Å². The summed E-state index contributed by atoms with van der Waals surface area (Å²) in [6.45, 7) is 6.17. The summed E-state index contributed by atoms with van der Waals surface area (Å²) in [5.74, 6) is -2.27. The zero-order valence-corrected chi connectivity index (χ0v) is 16.4. The molecule has 0 fully saturated rings. The molecule has 3 rings (SSSR count). The fourth-order valence-electron chi connectivity index (χ4n) is 2.84. The normalized spacial score (nSPS) is 11.5. The monoisotopic (exact) mass is 386 g/mol. The van der Waals surface area contributed by atoms with Crippen molar-refractivity contribution in [1.82, 2.24) is 0 Å². The van der Waals surface area contributed by atoms with E-state index < -0.39 is 17.6 Å². The van der Waals surface area contributed by atoms with Crippen LogP contribution < -0.4 is 0 Å². The minimum Gasteiger partial charge on any atom is -0.465 e. The average molecular weight is 386 g/mol. The smallest absolute Gasteiger partial charge is 0.338 e. The summed E-state index contributed by atoms with van der Waals surface area (Å²) in [4.78, 5) is 14.0. The molecule has 0 saturated heterocycles. The number of benzene rings is 2. The Bertz CT molecular complexity index is 1000. The maximum atomic E-state index is 14.6. The molecule has 0 amide bonds. The molecule has 140 valence electrons. The topological polar surface area (TPSA) is 26.3 Å². The minimum absolute atomic E-state index is 0.177. The van der Waals surface area contributed by atoms with E-state index in [-0.39, 0.29) is 11.0 Å². The van der Waals surface area contributed by atoms with Gasteiger partial charge in [0.2, 0.25) is 0 Å². The second kappa shape index (κ2) is 7.24. The van der Waals surface area contributed by atoms with E-state index in [0.29, 0.717) is 21.6 Å². The maximum absolute atomic E-state index is 14.6. The van der Waals surface area contributed by atoms with Crippen LogP contribution in [0.5, 0.6) is 0 Å². The predicted molar refractivity (Wildman–Crippen MR) is 105 cm³/mol. The van der Waals surface area contributed by atoms with Crippen molar-refractivity contribution in [2.24, 2.45) is 0 Å². The molecular weight excluding hydrogens is 366 g/mol. The second-order valence-corrected chi connectivity index (χ2v) is 8.29. The molecule has 1 heterocycles. The molecule has 0 aliphatic heterocycles. The van der Waals surface area contributed by atoms with E-state index in [1.165, 1.54) is 24.5 Å². The first-order valence-electron chi connectivity index (χ1n) is 8.50. The number of hydrogen-bond acceptors (Lipinski definition) is 3. The SMILES string of the molecule is COC(=O)c1ccccc1-c1sc(C(C)(C)C)cc1-c1cccc(F)c1F. The summed E-state index contributed by atoms with van der Waals surface area (Å²) < 4.78 is 33.3. The number of thiophene rings is 1. The number of ether oxygens (including phenoxy) is 1. The van der Waals surface area contributed by atoms with Crippen LogP contribution in [0.4, 0.5) is 8.78 Å². The maximum Gasteiger partial charge on any atom is 0.338 e. The van der Waals surface area contributed by atoms with Crippen molar-refractivity contribution in [2.45, 2.75) is 26.2 Å². The van der Waals surface area contributed by atoms with Crippen LogP contribution in [0, 0.1) is 11.6 Å². The highest BCUT2D eigenvalue weighted by atomic mass is 32.1. The Morgan fingerprint density at radius 3 is 2.30 bits per heavy atom. The van der Waals surface area contributed by atoms with E-state index in [9.17, 15) is 13.6 Å². The zero-order valence-electron chi connectivity index (χ0n) is 15.6. The minimum atomic E-state index is -0.900. The third-order valence-electron chi connectivity index (χ3n) is 4.29. The number of halogens is 2. The van der Waals surface area contributed by atoms with Crippen molar-refractivity contribution in [3.63, 3.8) is 0 Å². The van der Waals surface area contributed by atoms with Crippen molar-refractivity contribution >= 4 is 17.3 Å². The lowest BCUT2D eigenvalue weighted by Gasteiger charge is -2.15. The van der Waals surface area contributed by atoms with Gasteiger partial charge in [0.1, 0.15) is 0 Å². The van der Waals surface area contributed by atoms with Gasteiger partial charge < -0.3 is 4.74 Å². The van der Waals surface area contributed by atoms with Gasteiger partial charge in [-0.3, -0.25) is 0 Å². The fourth-order valence-corrected chi connectivity index (χ4v) is 4.11.